The number of nitrogens with two attached hydrogens (primary N) is 1. The van der Waals surface area contributed by atoms with E-state index in [1.807, 2.05) is 0 Å². The fourth-order valence-electron chi connectivity index (χ4n) is 3.13. The lowest BCUT2D eigenvalue weighted by atomic mass is 9.80. The van der Waals surface area contributed by atoms with Gasteiger partial charge in [-0.15, -0.1) is 0 Å². The second-order valence-electron chi connectivity index (χ2n) is 6.82. The maximum absolute atomic E-state index is 5.91. The molecule has 2 rings (SSSR count). The fourth-order valence-corrected chi connectivity index (χ4v) is 3.13. The van der Waals surface area contributed by atoms with Gasteiger partial charge in [0.2, 0.25) is 0 Å². The van der Waals surface area contributed by atoms with Crippen molar-refractivity contribution < 1.29 is 0 Å². The van der Waals surface area contributed by atoms with Crippen LogP contribution in [0, 0.1) is 0 Å². The minimum atomic E-state index is 0.136. The van der Waals surface area contributed by atoms with E-state index in [4.69, 9.17) is 5.84 Å². The van der Waals surface area contributed by atoms with Crippen LogP contribution in [-0.2, 0) is 5.41 Å². The van der Waals surface area contributed by atoms with Gasteiger partial charge in [0, 0.05) is 0 Å². The third-order valence-electron chi connectivity index (χ3n) is 4.19. The molecule has 0 aliphatic heterocycles. The summed E-state index contributed by atoms with van der Waals surface area (Å²) in [6.45, 7) is 6.79. The van der Waals surface area contributed by atoms with E-state index in [0.717, 1.165) is 6.42 Å². The predicted molar refractivity (Wildman–Crippen MR) is 86.4 cm³/mol. The van der Waals surface area contributed by atoms with Gasteiger partial charge in [0.25, 0.3) is 0 Å². The zero-order valence-electron chi connectivity index (χ0n) is 13.1. The van der Waals surface area contributed by atoms with Gasteiger partial charge in [-0.2, -0.15) is 0 Å². The van der Waals surface area contributed by atoms with E-state index in [1.165, 1.54) is 42.4 Å². The van der Waals surface area contributed by atoms with Crippen molar-refractivity contribution in [2.75, 3.05) is 0 Å². The van der Waals surface area contributed by atoms with Gasteiger partial charge >= 0.3 is 0 Å². The lowest BCUT2D eigenvalue weighted by Crippen LogP contribution is -2.31. The van der Waals surface area contributed by atoms with E-state index in [2.05, 4.69) is 56.5 Å². The molecular weight excluding hydrogens is 244 g/mol. The van der Waals surface area contributed by atoms with E-state index < -0.39 is 0 Å². The molecule has 2 heteroatoms. The van der Waals surface area contributed by atoms with Gasteiger partial charge in [0.15, 0.2) is 0 Å². The van der Waals surface area contributed by atoms with Gasteiger partial charge in [0.05, 0.1) is 6.04 Å². The van der Waals surface area contributed by atoms with Crippen molar-refractivity contribution in [1.29, 1.82) is 0 Å². The summed E-state index contributed by atoms with van der Waals surface area (Å²) in [6.07, 6.45) is 8.66. The number of nitrogens with one attached hydrogen (secondary N) is 1. The van der Waals surface area contributed by atoms with Crippen molar-refractivity contribution in [3.05, 3.63) is 47.0 Å². The Morgan fingerprint density at radius 1 is 1.10 bits per heavy atom. The Kier molecular flexibility index (Phi) is 5.00. The Balaban J connectivity index is 2.39. The third kappa shape index (κ3) is 3.50. The molecule has 110 valence electrons. The first-order valence-corrected chi connectivity index (χ1v) is 7.78. The smallest absolute Gasteiger partial charge is 0.0672 e. The number of hydrazine groups is 1. The molecule has 1 aliphatic rings. The molecule has 0 spiro atoms. The third-order valence-corrected chi connectivity index (χ3v) is 4.19. The van der Waals surface area contributed by atoms with Gasteiger partial charge < -0.3 is 0 Å². The van der Waals surface area contributed by atoms with Crippen molar-refractivity contribution >= 4 is 0 Å². The molecule has 0 fully saturated rings. The van der Waals surface area contributed by atoms with E-state index in [9.17, 15) is 0 Å². The van der Waals surface area contributed by atoms with Crippen LogP contribution < -0.4 is 11.3 Å². The Morgan fingerprint density at radius 2 is 1.85 bits per heavy atom. The normalized spacial score (nSPS) is 18.3. The molecule has 1 aliphatic carbocycles. The Morgan fingerprint density at radius 3 is 2.55 bits per heavy atom. The molecule has 1 aromatic rings. The molecule has 20 heavy (non-hydrogen) atoms. The standard InChI is InChI=1S/C18H28N2/c1-18(2,3)16-13-9-8-12-15(16)17(20-19)14-10-6-4-5-7-11-14/h8-10,12-13,17,20H,4-7,11,19H2,1-3H3. The molecule has 1 aromatic carbocycles. The summed E-state index contributed by atoms with van der Waals surface area (Å²) in [6, 6.07) is 8.85. The molecule has 0 saturated carbocycles. The van der Waals surface area contributed by atoms with Crippen LogP contribution in [0.4, 0.5) is 0 Å². The summed E-state index contributed by atoms with van der Waals surface area (Å²) >= 11 is 0. The zero-order chi connectivity index (χ0) is 14.6. The van der Waals surface area contributed by atoms with Crippen LogP contribution >= 0.6 is 0 Å². The van der Waals surface area contributed by atoms with Crippen molar-refractivity contribution in [2.45, 2.75) is 64.3 Å². The van der Waals surface area contributed by atoms with Gasteiger partial charge in [0.1, 0.15) is 0 Å². The lowest BCUT2D eigenvalue weighted by Gasteiger charge is -2.28. The fraction of sp³-hybridized carbons (Fsp3) is 0.556. The molecule has 0 radical (unpaired) electrons. The highest BCUT2D eigenvalue weighted by Gasteiger charge is 2.24. The van der Waals surface area contributed by atoms with Crippen molar-refractivity contribution in [3.63, 3.8) is 0 Å². The van der Waals surface area contributed by atoms with Gasteiger partial charge in [-0.25, -0.2) is 5.43 Å². The average molecular weight is 272 g/mol. The second kappa shape index (κ2) is 6.55. The Bertz CT molecular complexity index is 469. The van der Waals surface area contributed by atoms with Gasteiger partial charge in [-0.1, -0.05) is 63.1 Å². The quantitative estimate of drug-likeness (QED) is 0.487. The molecule has 1 atom stereocenters. The van der Waals surface area contributed by atoms with E-state index in [-0.39, 0.29) is 11.5 Å². The number of allylic oxidation sites excluding steroid dienone is 1. The highest BCUT2D eigenvalue weighted by Crippen LogP contribution is 2.35. The second-order valence-corrected chi connectivity index (χ2v) is 6.82. The van der Waals surface area contributed by atoms with Crippen LogP contribution in [-0.4, -0.2) is 0 Å². The van der Waals surface area contributed by atoms with E-state index >= 15 is 0 Å². The van der Waals surface area contributed by atoms with Gasteiger partial charge in [-0.05, 0) is 42.2 Å². The van der Waals surface area contributed by atoms with Crippen molar-refractivity contribution in [1.82, 2.24) is 5.43 Å². The minimum Gasteiger partial charge on any atom is -0.271 e. The molecule has 1 unspecified atom stereocenters. The number of benzene rings is 1. The molecule has 2 nitrogen and oxygen atoms in total. The number of hydrogen-bond donors (Lipinski definition) is 2. The molecule has 0 heterocycles. The summed E-state index contributed by atoms with van der Waals surface area (Å²) in [7, 11) is 0. The molecule has 0 saturated heterocycles. The number of rotatable bonds is 3. The highest BCUT2D eigenvalue weighted by molar-refractivity contribution is 5.39. The van der Waals surface area contributed by atoms with Crippen LogP contribution in [0.15, 0.2) is 35.9 Å². The Labute approximate surface area is 123 Å². The molecular formula is C18H28N2. The summed E-state index contributed by atoms with van der Waals surface area (Å²) in [5.41, 5.74) is 7.37. The summed E-state index contributed by atoms with van der Waals surface area (Å²) in [5.74, 6) is 5.91. The predicted octanol–water partition coefficient (Wildman–Crippen LogP) is 4.38. The maximum atomic E-state index is 5.91. The van der Waals surface area contributed by atoms with Gasteiger partial charge in [-0.3, -0.25) is 5.84 Å². The average Bonchev–Trinajstić information content (AvgIpc) is 2.68. The topological polar surface area (TPSA) is 38.0 Å². The molecule has 0 bridgehead atoms. The van der Waals surface area contributed by atoms with Crippen LogP contribution in [0.5, 0.6) is 0 Å². The monoisotopic (exact) mass is 272 g/mol. The molecule has 0 amide bonds. The van der Waals surface area contributed by atoms with Crippen LogP contribution in [0.3, 0.4) is 0 Å². The zero-order valence-corrected chi connectivity index (χ0v) is 13.1. The first-order valence-electron chi connectivity index (χ1n) is 7.78. The molecule has 3 N–H and O–H groups in total. The van der Waals surface area contributed by atoms with E-state index in [0.29, 0.717) is 0 Å². The van der Waals surface area contributed by atoms with Crippen LogP contribution in [0.2, 0.25) is 0 Å². The van der Waals surface area contributed by atoms with E-state index in [1.54, 1.807) is 0 Å². The first-order chi connectivity index (χ1) is 9.54. The van der Waals surface area contributed by atoms with Crippen LogP contribution in [0.1, 0.15) is 70.0 Å². The lowest BCUT2D eigenvalue weighted by molar-refractivity contribution is 0.545. The molecule has 0 aromatic heterocycles. The first kappa shape index (κ1) is 15.3. The Hall–Kier alpha value is -1.12. The summed E-state index contributed by atoms with van der Waals surface area (Å²) < 4.78 is 0. The van der Waals surface area contributed by atoms with Crippen molar-refractivity contribution in [3.8, 4) is 0 Å². The van der Waals surface area contributed by atoms with Crippen molar-refractivity contribution in [2.24, 2.45) is 5.84 Å². The largest absolute Gasteiger partial charge is 0.271 e. The minimum absolute atomic E-state index is 0.136. The summed E-state index contributed by atoms with van der Waals surface area (Å²) in [5, 5.41) is 0. The number of hydrogen-bond acceptors (Lipinski definition) is 2. The highest BCUT2D eigenvalue weighted by atomic mass is 15.2. The SMILES string of the molecule is CC(C)(C)c1ccccc1C(NN)C1=CCCCCC1. The van der Waals surface area contributed by atoms with Crippen LogP contribution in [0.25, 0.3) is 0 Å². The summed E-state index contributed by atoms with van der Waals surface area (Å²) in [4.78, 5) is 0. The maximum Gasteiger partial charge on any atom is 0.0672 e.